The van der Waals surface area contributed by atoms with Crippen molar-refractivity contribution in [2.75, 3.05) is 0 Å². The van der Waals surface area contributed by atoms with Crippen LogP contribution in [-0.2, 0) is 0 Å². The molecule has 1 N–H and O–H groups in total. The Hall–Kier alpha value is -0.560. The van der Waals surface area contributed by atoms with Crippen molar-refractivity contribution < 1.29 is 5.11 Å². The zero-order valence-corrected chi connectivity index (χ0v) is 14.2. The predicted molar refractivity (Wildman–Crippen MR) is 91.5 cm³/mol. The number of rotatable bonds is 2. The van der Waals surface area contributed by atoms with Crippen LogP contribution in [0.2, 0.25) is 0 Å². The second-order valence-electron chi connectivity index (χ2n) is 8.81. The second-order valence-corrected chi connectivity index (χ2v) is 8.81. The molecule has 4 aliphatic carbocycles. The van der Waals surface area contributed by atoms with E-state index < -0.39 is 5.60 Å². The molecular formula is C21H32O. The van der Waals surface area contributed by atoms with Gasteiger partial charge < -0.3 is 5.11 Å². The van der Waals surface area contributed by atoms with E-state index in [1.54, 1.807) is 5.57 Å². The van der Waals surface area contributed by atoms with Crippen LogP contribution < -0.4 is 0 Å². The minimum Gasteiger partial charge on any atom is -0.389 e. The third-order valence-electron chi connectivity index (χ3n) is 8.18. The number of hydrogen-bond donors (Lipinski definition) is 1. The molecule has 0 aromatic carbocycles. The van der Waals surface area contributed by atoms with E-state index in [0.717, 1.165) is 36.5 Å². The van der Waals surface area contributed by atoms with Gasteiger partial charge in [-0.15, -0.1) is 6.58 Å². The first kappa shape index (κ1) is 15.0. The summed E-state index contributed by atoms with van der Waals surface area (Å²) in [6.07, 6.45) is 17.0. The first-order valence-corrected chi connectivity index (χ1v) is 9.61. The van der Waals surface area contributed by atoms with Gasteiger partial charge in [-0.05, 0) is 93.3 Å². The summed E-state index contributed by atoms with van der Waals surface area (Å²) in [5.74, 6) is 3.44. The highest BCUT2D eigenvalue weighted by molar-refractivity contribution is 5.20. The Morgan fingerprint density at radius 3 is 2.91 bits per heavy atom. The molecule has 0 spiro atoms. The fourth-order valence-corrected chi connectivity index (χ4v) is 6.99. The lowest BCUT2D eigenvalue weighted by Crippen LogP contribution is -2.52. The molecule has 122 valence electrons. The zero-order chi connectivity index (χ0) is 15.4. The van der Waals surface area contributed by atoms with Gasteiger partial charge in [-0.3, -0.25) is 0 Å². The molecule has 3 saturated carbocycles. The molecule has 0 bridgehead atoms. The molecule has 0 aliphatic heterocycles. The first-order valence-electron chi connectivity index (χ1n) is 9.61. The van der Waals surface area contributed by atoms with Gasteiger partial charge in [-0.2, -0.15) is 0 Å². The number of hydrogen-bond acceptors (Lipinski definition) is 1. The van der Waals surface area contributed by atoms with E-state index in [0.29, 0.717) is 0 Å². The molecule has 0 heterocycles. The van der Waals surface area contributed by atoms with E-state index in [9.17, 15) is 5.11 Å². The van der Waals surface area contributed by atoms with Crippen LogP contribution in [0.25, 0.3) is 0 Å². The molecule has 6 atom stereocenters. The highest BCUT2D eigenvalue weighted by atomic mass is 16.3. The van der Waals surface area contributed by atoms with Crippen LogP contribution >= 0.6 is 0 Å². The van der Waals surface area contributed by atoms with E-state index in [2.05, 4.69) is 19.6 Å². The summed E-state index contributed by atoms with van der Waals surface area (Å²) in [6.45, 7) is 6.31. The Morgan fingerprint density at radius 2 is 2.09 bits per heavy atom. The monoisotopic (exact) mass is 300 g/mol. The first-order chi connectivity index (χ1) is 10.6. The maximum Gasteiger partial charge on any atom is 0.0738 e. The van der Waals surface area contributed by atoms with Crippen molar-refractivity contribution in [1.29, 1.82) is 0 Å². The maximum atomic E-state index is 11.3. The molecule has 1 nitrogen and oxygen atoms in total. The van der Waals surface area contributed by atoms with Crippen LogP contribution in [0, 0.1) is 29.1 Å². The molecule has 4 rings (SSSR count). The third-order valence-corrected chi connectivity index (χ3v) is 8.18. The Morgan fingerprint density at radius 1 is 1.23 bits per heavy atom. The molecule has 0 aromatic rings. The quantitative estimate of drug-likeness (QED) is 0.690. The Bertz CT molecular complexity index is 492. The lowest BCUT2D eigenvalue weighted by molar-refractivity contribution is -0.115. The number of aliphatic hydroxyl groups is 1. The molecule has 0 amide bonds. The van der Waals surface area contributed by atoms with Crippen molar-refractivity contribution in [3.63, 3.8) is 0 Å². The molecule has 3 fully saturated rings. The molecule has 0 aromatic heterocycles. The number of allylic oxidation sites excluding steroid dienone is 2. The van der Waals surface area contributed by atoms with E-state index in [1.165, 1.54) is 51.4 Å². The van der Waals surface area contributed by atoms with Crippen LogP contribution in [0.1, 0.15) is 71.1 Å². The van der Waals surface area contributed by atoms with Crippen LogP contribution in [0.4, 0.5) is 0 Å². The van der Waals surface area contributed by atoms with Crippen molar-refractivity contribution in [3.05, 3.63) is 24.3 Å². The molecule has 0 radical (unpaired) electrons. The van der Waals surface area contributed by atoms with Gasteiger partial charge in [-0.25, -0.2) is 0 Å². The van der Waals surface area contributed by atoms with Gasteiger partial charge in [0.15, 0.2) is 0 Å². The summed E-state index contributed by atoms with van der Waals surface area (Å²) in [4.78, 5) is 0. The predicted octanol–water partition coefficient (Wildman–Crippen LogP) is 5.26. The van der Waals surface area contributed by atoms with Gasteiger partial charge in [0.2, 0.25) is 0 Å². The van der Waals surface area contributed by atoms with Gasteiger partial charge in [0.1, 0.15) is 0 Å². The summed E-state index contributed by atoms with van der Waals surface area (Å²) >= 11 is 0. The zero-order valence-electron chi connectivity index (χ0n) is 14.2. The molecule has 22 heavy (non-hydrogen) atoms. The van der Waals surface area contributed by atoms with Gasteiger partial charge in [0.25, 0.3) is 0 Å². The minimum atomic E-state index is -0.479. The fraction of sp³-hybridized carbons (Fsp3) is 0.810. The van der Waals surface area contributed by atoms with Crippen LogP contribution in [0.15, 0.2) is 24.3 Å². The van der Waals surface area contributed by atoms with Crippen molar-refractivity contribution in [3.8, 4) is 0 Å². The van der Waals surface area contributed by atoms with Crippen molar-refractivity contribution in [2.45, 2.75) is 76.7 Å². The molecule has 4 aliphatic rings. The molecule has 0 saturated heterocycles. The minimum absolute atomic E-state index is 0.137. The second kappa shape index (κ2) is 5.23. The van der Waals surface area contributed by atoms with Crippen molar-refractivity contribution >= 4 is 0 Å². The van der Waals surface area contributed by atoms with Crippen LogP contribution in [0.5, 0.6) is 0 Å². The van der Waals surface area contributed by atoms with Gasteiger partial charge in [-0.1, -0.05) is 24.6 Å². The standard InChI is InChI=1S/C21H32O/c1-3-12-21(22)14-11-19-18-9-8-15-6-4-5-7-16(15)17(18)10-13-20(19,21)2/h3,6,16-19,22H,1,4-5,7-14H2,2H3/t16-,17-,18+,19+,20+,21-/m0/s1. The SMILES string of the molecule is C=CC[C@]1(O)CC[C@@H]2[C@@H]3CCC4=CCCC[C@@H]4[C@@H]3CC[C@]21C. The van der Waals surface area contributed by atoms with Crippen LogP contribution in [-0.4, -0.2) is 10.7 Å². The van der Waals surface area contributed by atoms with E-state index >= 15 is 0 Å². The number of fused-ring (bicyclic) bond motifs is 5. The lowest BCUT2D eigenvalue weighted by Gasteiger charge is -2.55. The Balaban J connectivity index is 1.62. The topological polar surface area (TPSA) is 20.2 Å². The lowest BCUT2D eigenvalue weighted by atomic mass is 9.50. The summed E-state index contributed by atoms with van der Waals surface area (Å²) < 4.78 is 0. The van der Waals surface area contributed by atoms with E-state index in [4.69, 9.17) is 0 Å². The average Bonchev–Trinajstić information content (AvgIpc) is 2.79. The van der Waals surface area contributed by atoms with Gasteiger partial charge >= 0.3 is 0 Å². The highest BCUT2D eigenvalue weighted by Gasteiger charge is 2.61. The van der Waals surface area contributed by atoms with Gasteiger partial charge in [0.05, 0.1) is 5.60 Å². The summed E-state index contributed by atoms with van der Waals surface area (Å²) in [5.41, 5.74) is 1.46. The maximum absolute atomic E-state index is 11.3. The third kappa shape index (κ3) is 1.94. The summed E-state index contributed by atoms with van der Waals surface area (Å²) in [6, 6.07) is 0. The van der Waals surface area contributed by atoms with Crippen molar-refractivity contribution in [2.24, 2.45) is 29.1 Å². The van der Waals surface area contributed by atoms with E-state index in [-0.39, 0.29) is 5.41 Å². The molecule has 1 heteroatoms. The smallest absolute Gasteiger partial charge is 0.0738 e. The Kier molecular flexibility index (Phi) is 3.56. The highest BCUT2D eigenvalue weighted by Crippen LogP contribution is 2.65. The molecule has 0 unspecified atom stereocenters. The van der Waals surface area contributed by atoms with Crippen molar-refractivity contribution in [1.82, 2.24) is 0 Å². The fourth-order valence-electron chi connectivity index (χ4n) is 6.99. The average molecular weight is 300 g/mol. The van der Waals surface area contributed by atoms with E-state index in [1.807, 2.05) is 6.08 Å². The van der Waals surface area contributed by atoms with Crippen LogP contribution in [0.3, 0.4) is 0 Å². The Labute approximate surface area is 135 Å². The summed E-state index contributed by atoms with van der Waals surface area (Å²) in [7, 11) is 0. The van der Waals surface area contributed by atoms with Gasteiger partial charge in [0, 0.05) is 0 Å². The summed E-state index contributed by atoms with van der Waals surface area (Å²) in [5, 5.41) is 11.3. The molecular weight excluding hydrogens is 268 g/mol. The normalized spacial score (nSPS) is 50.5. The largest absolute Gasteiger partial charge is 0.389 e.